The van der Waals surface area contributed by atoms with Crippen LogP contribution in [0.15, 0.2) is 0 Å². The number of carbonyl (C=O) groups is 2. The van der Waals surface area contributed by atoms with Gasteiger partial charge in [0.15, 0.2) is 0 Å². The van der Waals surface area contributed by atoms with Gasteiger partial charge in [-0.2, -0.15) is 0 Å². The highest BCUT2D eigenvalue weighted by Crippen LogP contribution is 2.07. The Labute approximate surface area is 87.1 Å². The van der Waals surface area contributed by atoms with Gasteiger partial charge in [-0.3, -0.25) is 4.79 Å². The number of ketones is 1. The van der Waals surface area contributed by atoms with Crippen LogP contribution in [-0.4, -0.2) is 12.1 Å². The van der Waals surface area contributed by atoms with Gasteiger partial charge in [-0.25, -0.2) is 0 Å². The summed E-state index contributed by atoms with van der Waals surface area (Å²) in [5.74, 6) is 0.405. The van der Waals surface area contributed by atoms with Crippen LogP contribution in [0.25, 0.3) is 0 Å². The fourth-order valence-corrected chi connectivity index (χ4v) is 1.40. The van der Waals surface area contributed by atoms with E-state index in [0.717, 1.165) is 57.7 Å². The molecule has 0 aromatic carbocycles. The third-order valence-corrected chi connectivity index (χ3v) is 2.34. The van der Waals surface area contributed by atoms with Gasteiger partial charge in [0.05, 0.1) is 0 Å². The molecule has 0 aliphatic heterocycles. The second-order valence-electron chi connectivity index (χ2n) is 3.76. The molecule has 0 unspecified atom stereocenters. The minimum Gasteiger partial charge on any atom is -0.303 e. The van der Waals surface area contributed by atoms with Crippen LogP contribution in [-0.2, 0) is 9.59 Å². The average molecular weight is 198 g/mol. The second-order valence-corrected chi connectivity index (χ2v) is 3.76. The van der Waals surface area contributed by atoms with Gasteiger partial charge in [0, 0.05) is 19.3 Å². The molecule has 0 saturated carbocycles. The summed E-state index contributed by atoms with van der Waals surface area (Å²) in [6, 6.07) is 0. The fraction of sp³-hybridized carbons (Fsp3) is 0.833. The van der Waals surface area contributed by atoms with Crippen LogP contribution in [0.4, 0.5) is 0 Å². The smallest absolute Gasteiger partial charge is 0.132 e. The maximum Gasteiger partial charge on any atom is 0.132 e. The molecule has 14 heavy (non-hydrogen) atoms. The number of rotatable bonds is 10. The summed E-state index contributed by atoms with van der Waals surface area (Å²) in [5.41, 5.74) is 0. The zero-order valence-corrected chi connectivity index (χ0v) is 9.26. The lowest BCUT2D eigenvalue weighted by Crippen LogP contribution is -1.96. The molecule has 0 amide bonds. The van der Waals surface area contributed by atoms with Crippen molar-refractivity contribution in [3.8, 4) is 0 Å². The van der Waals surface area contributed by atoms with E-state index in [4.69, 9.17) is 0 Å². The zero-order valence-electron chi connectivity index (χ0n) is 9.26. The lowest BCUT2D eigenvalue weighted by atomic mass is 10.1. The van der Waals surface area contributed by atoms with E-state index in [1.807, 2.05) is 0 Å². The first-order valence-corrected chi connectivity index (χ1v) is 5.76. The molecule has 0 atom stereocenters. The molecule has 0 radical (unpaired) electrons. The van der Waals surface area contributed by atoms with Crippen molar-refractivity contribution in [2.24, 2.45) is 0 Å². The molecule has 82 valence electrons. The predicted molar refractivity (Wildman–Crippen MR) is 58.3 cm³/mol. The van der Waals surface area contributed by atoms with Crippen molar-refractivity contribution in [1.29, 1.82) is 0 Å². The molecule has 0 spiro atoms. The van der Waals surface area contributed by atoms with Crippen molar-refractivity contribution < 1.29 is 9.59 Å². The molecule has 0 aromatic heterocycles. The van der Waals surface area contributed by atoms with Crippen molar-refractivity contribution in [1.82, 2.24) is 0 Å². The van der Waals surface area contributed by atoms with E-state index < -0.39 is 0 Å². The standard InChI is InChI=1S/C12H22O2/c1-2-3-9-12(14)10-7-5-4-6-8-11-13/h11H,2-10H2,1H3. The minimum absolute atomic E-state index is 0.405. The molecule has 0 saturated heterocycles. The third-order valence-electron chi connectivity index (χ3n) is 2.34. The second kappa shape index (κ2) is 10.4. The Morgan fingerprint density at radius 2 is 1.64 bits per heavy atom. The Bertz CT molecular complexity index is 152. The summed E-state index contributed by atoms with van der Waals surface area (Å²) in [4.78, 5) is 21.2. The van der Waals surface area contributed by atoms with E-state index in [9.17, 15) is 9.59 Å². The lowest BCUT2D eigenvalue weighted by Gasteiger charge is -1.99. The van der Waals surface area contributed by atoms with E-state index in [1.165, 1.54) is 0 Å². The Morgan fingerprint density at radius 1 is 1.00 bits per heavy atom. The van der Waals surface area contributed by atoms with E-state index in [2.05, 4.69) is 6.92 Å². The van der Waals surface area contributed by atoms with Crippen LogP contribution in [0.5, 0.6) is 0 Å². The number of carbonyl (C=O) groups excluding carboxylic acids is 2. The summed E-state index contributed by atoms with van der Waals surface area (Å²) in [6.07, 6.45) is 9.41. The molecule has 2 nitrogen and oxygen atoms in total. The number of hydrogen-bond donors (Lipinski definition) is 0. The molecule has 0 N–H and O–H groups in total. The molecule has 0 heterocycles. The van der Waals surface area contributed by atoms with E-state index in [1.54, 1.807) is 0 Å². The van der Waals surface area contributed by atoms with Crippen LogP contribution in [0.1, 0.15) is 64.7 Å². The summed E-state index contributed by atoms with van der Waals surface area (Å²) >= 11 is 0. The van der Waals surface area contributed by atoms with Crippen molar-refractivity contribution in [2.45, 2.75) is 64.7 Å². The average Bonchev–Trinajstić information content (AvgIpc) is 2.20. The molecule has 0 rings (SSSR count). The lowest BCUT2D eigenvalue weighted by molar-refractivity contribution is -0.119. The maximum absolute atomic E-state index is 11.2. The SMILES string of the molecule is CCCCC(=O)CCCCCCC=O. The van der Waals surface area contributed by atoms with Gasteiger partial charge in [0.1, 0.15) is 12.1 Å². The van der Waals surface area contributed by atoms with Gasteiger partial charge < -0.3 is 4.79 Å². The third kappa shape index (κ3) is 9.43. The number of Topliss-reactive ketones (excluding diaryl/α,β-unsaturated/α-hetero) is 1. The predicted octanol–water partition coefficient (Wildman–Crippen LogP) is 3.29. The molecule has 0 aromatic rings. The first kappa shape index (κ1) is 13.3. The van der Waals surface area contributed by atoms with Gasteiger partial charge in [0.25, 0.3) is 0 Å². The normalized spacial score (nSPS) is 10.1. The summed E-state index contributed by atoms with van der Waals surface area (Å²) in [5, 5.41) is 0. The Balaban J connectivity index is 3.10. The molecule has 0 fully saturated rings. The van der Waals surface area contributed by atoms with Gasteiger partial charge in [-0.1, -0.05) is 26.2 Å². The molecular weight excluding hydrogens is 176 g/mol. The van der Waals surface area contributed by atoms with Gasteiger partial charge >= 0.3 is 0 Å². The Hall–Kier alpha value is -0.660. The zero-order chi connectivity index (χ0) is 10.6. The van der Waals surface area contributed by atoms with Crippen LogP contribution in [0.3, 0.4) is 0 Å². The Kier molecular flexibility index (Phi) is 9.93. The fourth-order valence-electron chi connectivity index (χ4n) is 1.40. The van der Waals surface area contributed by atoms with Crippen LogP contribution in [0.2, 0.25) is 0 Å². The number of unbranched alkanes of at least 4 members (excludes halogenated alkanes) is 5. The van der Waals surface area contributed by atoms with E-state index in [0.29, 0.717) is 12.2 Å². The van der Waals surface area contributed by atoms with Crippen molar-refractivity contribution in [3.63, 3.8) is 0 Å². The van der Waals surface area contributed by atoms with Gasteiger partial charge in [0.2, 0.25) is 0 Å². The van der Waals surface area contributed by atoms with Crippen molar-refractivity contribution in [3.05, 3.63) is 0 Å². The summed E-state index contributed by atoms with van der Waals surface area (Å²) in [6.45, 7) is 2.10. The van der Waals surface area contributed by atoms with E-state index in [-0.39, 0.29) is 0 Å². The van der Waals surface area contributed by atoms with Crippen LogP contribution < -0.4 is 0 Å². The van der Waals surface area contributed by atoms with Crippen LogP contribution >= 0.6 is 0 Å². The molecule has 0 aliphatic rings. The molecular formula is C12H22O2. The Morgan fingerprint density at radius 3 is 2.29 bits per heavy atom. The molecule has 2 heteroatoms. The monoisotopic (exact) mass is 198 g/mol. The quantitative estimate of drug-likeness (QED) is 0.399. The first-order valence-electron chi connectivity index (χ1n) is 5.76. The number of aldehydes is 1. The largest absolute Gasteiger partial charge is 0.303 e. The van der Waals surface area contributed by atoms with E-state index >= 15 is 0 Å². The van der Waals surface area contributed by atoms with Crippen LogP contribution in [0, 0.1) is 0 Å². The highest BCUT2D eigenvalue weighted by atomic mass is 16.1. The maximum atomic E-state index is 11.2. The minimum atomic E-state index is 0.405. The highest BCUT2D eigenvalue weighted by molar-refractivity contribution is 5.78. The molecule has 0 aliphatic carbocycles. The topological polar surface area (TPSA) is 34.1 Å². The van der Waals surface area contributed by atoms with Crippen molar-refractivity contribution >= 4 is 12.1 Å². The first-order chi connectivity index (χ1) is 6.81. The highest BCUT2D eigenvalue weighted by Gasteiger charge is 2.00. The summed E-state index contributed by atoms with van der Waals surface area (Å²) < 4.78 is 0. The van der Waals surface area contributed by atoms with Gasteiger partial charge in [-0.15, -0.1) is 0 Å². The van der Waals surface area contributed by atoms with Gasteiger partial charge in [-0.05, 0) is 19.3 Å². The van der Waals surface area contributed by atoms with Crippen molar-refractivity contribution in [2.75, 3.05) is 0 Å². The number of hydrogen-bond acceptors (Lipinski definition) is 2. The summed E-state index contributed by atoms with van der Waals surface area (Å²) in [7, 11) is 0. The molecule has 0 bridgehead atoms.